The van der Waals surface area contributed by atoms with Crippen LogP contribution in [0.3, 0.4) is 0 Å². The molecule has 9 nitrogen and oxygen atoms in total. The maximum Gasteiger partial charge on any atom is 0.317 e. The fraction of sp³-hybridized carbons (Fsp3) is 0.333. The Morgan fingerprint density at radius 1 is 0.818 bits per heavy atom. The molecule has 0 unspecified atom stereocenters. The lowest BCUT2D eigenvalue weighted by atomic mass is 9.83. The Balaban J connectivity index is 1.44. The van der Waals surface area contributed by atoms with Crippen LogP contribution in [0.1, 0.15) is 44.7 Å². The number of rotatable bonds is 13. The summed E-state index contributed by atoms with van der Waals surface area (Å²) in [5, 5.41) is 20.9. The normalized spacial score (nSPS) is 12.4. The second-order valence-corrected chi connectivity index (χ2v) is 7.68. The molecule has 0 saturated heterocycles. The lowest BCUT2D eigenvalue weighted by Crippen LogP contribution is -2.35. The summed E-state index contributed by atoms with van der Waals surface area (Å²) < 4.78 is 5.55. The SMILES string of the molecule is O=C(O)CN(CCCOCCCNc1cccc2c1C(=O)c1ccccc1C2=O)CC(=O)O. The Labute approximate surface area is 191 Å². The van der Waals surface area contributed by atoms with Gasteiger partial charge in [0.05, 0.1) is 18.7 Å². The molecule has 0 fully saturated rings. The molecule has 0 atom stereocenters. The zero-order chi connectivity index (χ0) is 23.8. The second kappa shape index (κ2) is 11.3. The highest BCUT2D eigenvalue weighted by Crippen LogP contribution is 2.31. The fourth-order valence-corrected chi connectivity index (χ4v) is 3.78. The third-order valence-corrected chi connectivity index (χ3v) is 5.21. The van der Waals surface area contributed by atoms with E-state index >= 15 is 0 Å². The van der Waals surface area contributed by atoms with Gasteiger partial charge in [0.15, 0.2) is 11.6 Å². The Morgan fingerprint density at radius 3 is 2.09 bits per heavy atom. The van der Waals surface area contributed by atoms with Crippen molar-refractivity contribution < 1.29 is 34.1 Å². The zero-order valence-electron chi connectivity index (χ0n) is 18.1. The molecule has 0 radical (unpaired) electrons. The summed E-state index contributed by atoms with van der Waals surface area (Å²) in [4.78, 5) is 48.7. The quantitative estimate of drug-likeness (QED) is 0.332. The number of nitrogens with zero attached hydrogens (tertiary/aromatic N) is 1. The fourth-order valence-electron chi connectivity index (χ4n) is 3.78. The van der Waals surface area contributed by atoms with Crippen LogP contribution < -0.4 is 5.32 Å². The molecule has 0 heterocycles. The van der Waals surface area contributed by atoms with Crippen molar-refractivity contribution in [3.63, 3.8) is 0 Å². The van der Waals surface area contributed by atoms with Gasteiger partial charge in [0.2, 0.25) is 0 Å². The van der Waals surface area contributed by atoms with Gasteiger partial charge in [-0.3, -0.25) is 24.1 Å². The van der Waals surface area contributed by atoms with Crippen molar-refractivity contribution in [2.75, 3.05) is 44.7 Å². The molecule has 1 aliphatic carbocycles. The van der Waals surface area contributed by atoms with E-state index in [1.807, 2.05) is 0 Å². The highest BCUT2D eigenvalue weighted by Gasteiger charge is 2.31. The van der Waals surface area contributed by atoms with E-state index in [0.717, 1.165) is 0 Å². The van der Waals surface area contributed by atoms with Crippen LogP contribution in [-0.2, 0) is 14.3 Å². The molecule has 2 aromatic carbocycles. The zero-order valence-corrected chi connectivity index (χ0v) is 18.1. The van der Waals surface area contributed by atoms with Gasteiger partial charge in [-0.25, -0.2) is 0 Å². The third kappa shape index (κ3) is 6.24. The van der Waals surface area contributed by atoms with Crippen molar-refractivity contribution >= 4 is 29.2 Å². The molecule has 9 heteroatoms. The molecular weight excluding hydrogens is 428 g/mol. The van der Waals surface area contributed by atoms with Crippen LogP contribution in [0.4, 0.5) is 5.69 Å². The molecule has 3 N–H and O–H groups in total. The summed E-state index contributed by atoms with van der Waals surface area (Å²) in [6.45, 7) is 0.997. The summed E-state index contributed by atoms with van der Waals surface area (Å²) in [5.41, 5.74) is 2.22. The first-order valence-electron chi connectivity index (χ1n) is 10.7. The molecule has 0 bridgehead atoms. The minimum atomic E-state index is -1.07. The summed E-state index contributed by atoms with van der Waals surface area (Å²) in [5.74, 6) is -2.48. The van der Waals surface area contributed by atoms with E-state index in [2.05, 4.69) is 5.32 Å². The van der Waals surface area contributed by atoms with Crippen LogP contribution in [-0.4, -0.2) is 78.0 Å². The van der Waals surface area contributed by atoms with E-state index in [1.54, 1.807) is 42.5 Å². The Bertz CT molecular complexity index is 1030. The lowest BCUT2D eigenvalue weighted by molar-refractivity contribution is -0.141. The van der Waals surface area contributed by atoms with Crippen LogP contribution >= 0.6 is 0 Å². The highest BCUT2D eigenvalue weighted by molar-refractivity contribution is 6.30. The Morgan fingerprint density at radius 2 is 1.42 bits per heavy atom. The maximum absolute atomic E-state index is 13.0. The molecule has 2 aromatic rings. The number of benzene rings is 2. The molecule has 0 aromatic heterocycles. The Kier molecular flexibility index (Phi) is 8.28. The Hall–Kier alpha value is -3.56. The number of hydrogen-bond acceptors (Lipinski definition) is 7. The average molecular weight is 454 g/mol. The number of anilines is 1. The van der Waals surface area contributed by atoms with E-state index in [1.165, 1.54) is 4.90 Å². The summed E-state index contributed by atoms with van der Waals surface area (Å²) in [7, 11) is 0. The molecule has 1 aliphatic rings. The summed E-state index contributed by atoms with van der Waals surface area (Å²) in [6.07, 6.45) is 1.16. The van der Waals surface area contributed by atoms with Crippen molar-refractivity contribution in [3.05, 3.63) is 64.7 Å². The minimum Gasteiger partial charge on any atom is -0.480 e. The van der Waals surface area contributed by atoms with Gasteiger partial charge in [-0.2, -0.15) is 0 Å². The lowest BCUT2D eigenvalue weighted by Gasteiger charge is -2.20. The van der Waals surface area contributed by atoms with Crippen molar-refractivity contribution in [1.29, 1.82) is 0 Å². The van der Waals surface area contributed by atoms with Crippen LogP contribution in [0.15, 0.2) is 42.5 Å². The predicted octanol–water partition coefficient (Wildman–Crippen LogP) is 2.14. The van der Waals surface area contributed by atoms with E-state index < -0.39 is 11.9 Å². The molecular formula is C24H26N2O7. The maximum atomic E-state index is 13.0. The van der Waals surface area contributed by atoms with Crippen molar-refractivity contribution in [2.45, 2.75) is 12.8 Å². The van der Waals surface area contributed by atoms with Crippen LogP contribution in [0.5, 0.6) is 0 Å². The van der Waals surface area contributed by atoms with E-state index in [-0.39, 0.29) is 24.7 Å². The molecule has 0 spiro atoms. The van der Waals surface area contributed by atoms with Crippen molar-refractivity contribution in [2.24, 2.45) is 0 Å². The number of ketones is 2. The van der Waals surface area contributed by atoms with Gasteiger partial charge >= 0.3 is 11.9 Å². The monoisotopic (exact) mass is 454 g/mol. The number of aliphatic carboxylic acids is 2. The number of carboxylic acid groups (broad SMARTS) is 2. The van der Waals surface area contributed by atoms with Gasteiger partial charge < -0.3 is 20.3 Å². The van der Waals surface area contributed by atoms with E-state index in [0.29, 0.717) is 67.1 Å². The number of nitrogens with one attached hydrogen (secondary N) is 1. The summed E-state index contributed by atoms with van der Waals surface area (Å²) in [6, 6.07) is 12.0. The van der Waals surface area contributed by atoms with Crippen LogP contribution in [0, 0.1) is 0 Å². The molecule has 0 saturated carbocycles. The van der Waals surface area contributed by atoms with E-state index in [4.69, 9.17) is 14.9 Å². The van der Waals surface area contributed by atoms with Crippen LogP contribution in [0.2, 0.25) is 0 Å². The van der Waals surface area contributed by atoms with Gasteiger partial charge in [-0.15, -0.1) is 0 Å². The van der Waals surface area contributed by atoms with Gasteiger partial charge in [-0.1, -0.05) is 36.4 Å². The second-order valence-electron chi connectivity index (χ2n) is 7.68. The number of fused-ring (bicyclic) bond motifs is 2. The molecule has 0 amide bonds. The molecule has 3 rings (SSSR count). The van der Waals surface area contributed by atoms with Gasteiger partial charge in [0.1, 0.15) is 0 Å². The van der Waals surface area contributed by atoms with Crippen molar-refractivity contribution in [3.8, 4) is 0 Å². The number of hydrogen-bond donors (Lipinski definition) is 3. The first kappa shape index (κ1) is 24.1. The van der Waals surface area contributed by atoms with Gasteiger partial charge in [0, 0.05) is 48.7 Å². The number of carbonyl (C=O) groups excluding carboxylic acids is 2. The van der Waals surface area contributed by atoms with Gasteiger partial charge in [-0.05, 0) is 18.9 Å². The average Bonchev–Trinajstić information content (AvgIpc) is 2.78. The standard InChI is InChI=1S/C24H26N2O7/c27-20(28)14-26(15-21(29)30)11-5-13-33-12-4-10-25-19-9-3-8-18-22(19)24(32)17-7-2-1-6-16(17)23(18)31/h1-3,6-9,25H,4-5,10-15H2,(H,27,28)(H,29,30). The van der Waals surface area contributed by atoms with E-state index in [9.17, 15) is 19.2 Å². The van der Waals surface area contributed by atoms with Gasteiger partial charge in [0.25, 0.3) is 0 Å². The number of carbonyl (C=O) groups is 4. The topological polar surface area (TPSA) is 133 Å². The molecule has 0 aliphatic heterocycles. The number of ether oxygens (including phenoxy) is 1. The molecule has 33 heavy (non-hydrogen) atoms. The van der Waals surface area contributed by atoms with Crippen molar-refractivity contribution in [1.82, 2.24) is 4.90 Å². The first-order chi connectivity index (χ1) is 15.9. The first-order valence-corrected chi connectivity index (χ1v) is 10.7. The summed E-state index contributed by atoms with van der Waals surface area (Å²) >= 11 is 0. The minimum absolute atomic E-state index is 0.160. The predicted molar refractivity (Wildman–Crippen MR) is 120 cm³/mol. The highest BCUT2D eigenvalue weighted by atomic mass is 16.5. The van der Waals surface area contributed by atoms with Crippen LogP contribution in [0.25, 0.3) is 0 Å². The number of carboxylic acids is 2. The largest absolute Gasteiger partial charge is 0.480 e. The third-order valence-electron chi connectivity index (χ3n) is 5.21. The smallest absolute Gasteiger partial charge is 0.317 e. The molecule has 174 valence electrons.